The Labute approximate surface area is 113 Å². The number of amides is 3. The van der Waals surface area contributed by atoms with Crippen LogP contribution in [0.15, 0.2) is 16.9 Å². The van der Waals surface area contributed by atoms with E-state index < -0.39 is 5.54 Å². The van der Waals surface area contributed by atoms with Gasteiger partial charge in [-0.05, 0) is 36.2 Å². The van der Waals surface area contributed by atoms with E-state index in [9.17, 15) is 9.59 Å². The summed E-state index contributed by atoms with van der Waals surface area (Å²) in [6.45, 7) is 4.49. The fourth-order valence-corrected chi connectivity index (χ4v) is 2.20. The van der Waals surface area contributed by atoms with Crippen molar-refractivity contribution >= 4 is 27.9 Å². The molecule has 6 nitrogen and oxygen atoms in total. The van der Waals surface area contributed by atoms with Crippen LogP contribution in [0.25, 0.3) is 0 Å². The molecule has 98 valence electrons. The molecule has 0 radical (unpaired) electrons. The zero-order chi connectivity index (χ0) is 13.3. The van der Waals surface area contributed by atoms with Crippen LogP contribution >= 0.6 is 15.9 Å². The van der Waals surface area contributed by atoms with Gasteiger partial charge >= 0.3 is 6.03 Å². The number of carbonyl (C=O) groups is 2. The Kier molecular flexibility index (Phi) is 3.43. The number of nitrogens with zero attached hydrogens (tertiary/aromatic N) is 3. The largest absolute Gasteiger partial charge is 0.325 e. The number of nitrogens with one attached hydrogen (secondary N) is 1. The van der Waals surface area contributed by atoms with E-state index in [0.717, 1.165) is 4.47 Å². The van der Waals surface area contributed by atoms with Gasteiger partial charge in [0, 0.05) is 19.3 Å². The topological polar surface area (TPSA) is 67.2 Å². The Morgan fingerprint density at radius 1 is 1.39 bits per heavy atom. The van der Waals surface area contributed by atoms with Gasteiger partial charge in [-0.1, -0.05) is 0 Å². The quantitative estimate of drug-likeness (QED) is 0.853. The second kappa shape index (κ2) is 4.72. The first-order valence-corrected chi connectivity index (χ1v) is 6.51. The maximum Gasteiger partial charge on any atom is 0.325 e. The average Bonchev–Trinajstić information content (AvgIpc) is 2.75. The van der Waals surface area contributed by atoms with E-state index in [1.165, 1.54) is 4.90 Å². The number of hydrogen-bond donors (Lipinski definition) is 1. The summed E-state index contributed by atoms with van der Waals surface area (Å²) >= 11 is 3.31. The van der Waals surface area contributed by atoms with Gasteiger partial charge in [-0.2, -0.15) is 5.10 Å². The van der Waals surface area contributed by atoms with Crippen LogP contribution in [0.5, 0.6) is 0 Å². The predicted molar refractivity (Wildman–Crippen MR) is 68.9 cm³/mol. The summed E-state index contributed by atoms with van der Waals surface area (Å²) < 4.78 is 2.69. The van der Waals surface area contributed by atoms with Crippen LogP contribution in [0, 0.1) is 0 Å². The SMILES string of the molecule is CC1(C)NC(=O)N(CCCn2cc(Br)cn2)C1=O. The van der Waals surface area contributed by atoms with E-state index in [1.54, 1.807) is 24.7 Å². The Bertz CT molecular complexity index is 483. The normalized spacial score (nSPS) is 18.3. The van der Waals surface area contributed by atoms with Gasteiger partial charge in [-0.25, -0.2) is 4.79 Å². The van der Waals surface area contributed by atoms with Gasteiger partial charge in [0.15, 0.2) is 0 Å². The van der Waals surface area contributed by atoms with Crippen molar-refractivity contribution in [1.29, 1.82) is 0 Å². The smallest absolute Gasteiger partial charge is 0.324 e. The molecule has 18 heavy (non-hydrogen) atoms. The van der Waals surface area contributed by atoms with Crippen LogP contribution in [-0.4, -0.2) is 38.7 Å². The van der Waals surface area contributed by atoms with Gasteiger partial charge in [-0.3, -0.25) is 14.4 Å². The molecule has 2 rings (SSSR count). The number of rotatable bonds is 4. The molecule has 0 unspecified atom stereocenters. The highest BCUT2D eigenvalue weighted by Gasteiger charge is 2.43. The molecule has 0 bridgehead atoms. The first kappa shape index (κ1) is 13.1. The second-order valence-electron chi connectivity index (χ2n) is 4.79. The highest BCUT2D eigenvalue weighted by Crippen LogP contribution is 2.16. The third kappa shape index (κ3) is 2.55. The van der Waals surface area contributed by atoms with Gasteiger partial charge in [0.25, 0.3) is 5.91 Å². The van der Waals surface area contributed by atoms with Crippen LogP contribution in [-0.2, 0) is 11.3 Å². The Balaban J connectivity index is 1.87. The minimum atomic E-state index is -0.786. The maximum absolute atomic E-state index is 11.9. The molecular weight excluding hydrogens is 300 g/mol. The van der Waals surface area contributed by atoms with E-state index >= 15 is 0 Å². The van der Waals surface area contributed by atoms with E-state index in [-0.39, 0.29) is 11.9 Å². The van der Waals surface area contributed by atoms with Crippen molar-refractivity contribution in [1.82, 2.24) is 20.0 Å². The van der Waals surface area contributed by atoms with Crippen LogP contribution in [0.1, 0.15) is 20.3 Å². The van der Waals surface area contributed by atoms with Gasteiger partial charge in [0.05, 0.1) is 10.7 Å². The fourth-order valence-electron chi connectivity index (χ4n) is 1.87. The molecule has 1 aliphatic rings. The van der Waals surface area contributed by atoms with Crippen molar-refractivity contribution in [3.63, 3.8) is 0 Å². The average molecular weight is 315 g/mol. The van der Waals surface area contributed by atoms with Crippen molar-refractivity contribution in [3.05, 3.63) is 16.9 Å². The molecule has 0 saturated carbocycles. The molecule has 1 saturated heterocycles. The number of aryl methyl sites for hydroxylation is 1. The minimum absolute atomic E-state index is 0.172. The minimum Gasteiger partial charge on any atom is -0.324 e. The highest BCUT2D eigenvalue weighted by atomic mass is 79.9. The van der Waals surface area contributed by atoms with Crippen LogP contribution in [0.4, 0.5) is 4.79 Å². The summed E-state index contributed by atoms with van der Waals surface area (Å²) in [7, 11) is 0. The number of hydrogen-bond acceptors (Lipinski definition) is 3. The summed E-state index contributed by atoms with van der Waals surface area (Å²) in [5, 5.41) is 6.77. The fraction of sp³-hybridized carbons (Fsp3) is 0.545. The number of halogens is 1. The standard InChI is InChI=1S/C11H15BrN4O2/c1-11(2)9(17)16(10(18)14-11)5-3-4-15-7-8(12)6-13-15/h6-7H,3-5H2,1-2H3,(H,14,18). The predicted octanol–water partition coefficient (Wildman–Crippen LogP) is 1.37. The van der Waals surface area contributed by atoms with Gasteiger partial charge < -0.3 is 5.32 Å². The summed E-state index contributed by atoms with van der Waals surface area (Å²) in [6.07, 6.45) is 4.25. The molecular formula is C11H15BrN4O2. The highest BCUT2D eigenvalue weighted by molar-refractivity contribution is 9.10. The third-order valence-corrected chi connectivity index (χ3v) is 3.22. The van der Waals surface area contributed by atoms with Gasteiger partial charge in [0.2, 0.25) is 0 Å². The summed E-state index contributed by atoms with van der Waals surface area (Å²) in [5.41, 5.74) is -0.786. The van der Waals surface area contributed by atoms with Gasteiger partial charge in [-0.15, -0.1) is 0 Å². The lowest BCUT2D eigenvalue weighted by Crippen LogP contribution is -2.40. The molecule has 1 aromatic rings. The second-order valence-corrected chi connectivity index (χ2v) is 5.70. The number of aromatic nitrogens is 2. The zero-order valence-corrected chi connectivity index (χ0v) is 11.9. The van der Waals surface area contributed by atoms with Crippen LogP contribution in [0.3, 0.4) is 0 Å². The molecule has 2 heterocycles. The lowest BCUT2D eigenvalue weighted by Gasteiger charge is -2.15. The number of urea groups is 1. The Hall–Kier alpha value is -1.37. The number of carbonyl (C=O) groups excluding carboxylic acids is 2. The molecule has 0 atom stereocenters. The molecule has 7 heteroatoms. The summed E-state index contributed by atoms with van der Waals surface area (Å²) in [6, 6.07) is -0.313. The first-order chi connectivity index (χ1) is 8.40. The summed E-state index contributed by atoms with van der Waals surface area (Å²) in [4.78, 5) is 24.8. The molecule has 1 aromatic heterocycles. The monoisotopic (exact) mass is 314 g/mol. The maximum atomic E-state index is 11.9. The lowest BCUT2D eigenvalue weighted by molar-refractivity contribution is -0.130. The lowest BCUT2D eigenvalue weighted by atomic mass is 10.1. The molecule has 1 aliphatic heterocycles. The van der Waals surface area contributed by atoms with Crippen LogP contribution < -0.4 is 5.32 Å². The van der Waals surface area contributed by atoms with E-state index in [2.05, 4.69) is 26.3 Å². The molecule has 1 fully saturated rings. The molecule has 1 N–H and O–H groups in total. The van der Waals surface area contributed by atoms with Gasteiger partial charge in [0.1, 0.15) is 5.54 Å². The molecule has 0 aliphatic carbocycles. The van der Waals surface area contributed by atoms with Crippen molar-refractivity contribution < 1.29 is 9.59 Å². The summed E-state index contributed by atoms with van der Waals surface area (Å²) in [5.74, 6) is -0.172. The van der Waals surface area contributed by atoms with E-state index in [1.807, 2.05) is 6.20 Å². The Morgan fingerprint density at radius 3 is 2.61 bits per heavy atom. The van der Waals surface area contributed by atoms with Crippen molar-refractivity contribution in [2.24, 2.45) is 0 Å². The first-order valence-electron chi connectivity index (χ1n) is 5.72. The van der Waals surface area contributed by atoms with Crippen molar-refractivity contribution in [2.45, 2.75) is 32.4 Å². The molecule has 0 aromatic carbocycles. The van der Waals surface area contributed by atoms with Crippen molar-refractivity contribution in [2.75, 3.05) is 6.54 Å². The number of imide groups is 1. The third-order valence-electron chi connectivity index (χ3n) is 2.82. The van der Waals surface area contributed by atoms with Crippen molar-refractivity contribution in [3.8, 4) is 0 Å². The van der Waals surface area contributed by atoms with E-state index in [0.29, 0.717) is 19.5 Å². The molecule has 3 amide bonds. The van der Waals surface area contributed by atoms with E-state index in [4.69, 9.17) is 0 Å². The molecule has 0 spiro atoms. The van der Waals surface area contributed by atoms with Crippen LogP contribution in [0.2, 0.25) is 0 Å². The Morgan fingerprint density at radius 2 is 2.11 bits per heavy atom. The zero-order valence-electron chi connectivity index (χ0n) is 10.3.